The van der Waals surface area contributed by atoms with Crippen LogP contribution in [0.5, 0.6) is 0 Å². The van der Waals surface area contributed by atoms with Crippen LogP contribution in [0.4, 0.5) is 0 Å². The quantitative estimate of drug-likeness (QED) is 0.632. The van der Waals surface area contributed by atoms with Crippen molar-refractivity contribution < 1.29 is 19.8 Å². The summed E-state index contributed by atoms with van der Waals surface area (Å²) < 4.78 is 0. The number of nitrogens with zero attached hydrogens (tertiary/aromatic N) is 1. The lowest BCUT2D eigenvalue weighted by Gasteiger charge is -2.03. The SMILES string of the molecule is CNC(=O)c1cc(C(=O)O)cc(CO)n1. The van der Waals surface area contributed by atoms with E-state index in [1.807, 2.05) is 0 Å². The molecule has 1 heterocycles. The molecule has 1 rings (SSSR count). The summed E-state index contributed by atoms with van der Waals surface area (Å²) >= 11 is 0. The van der Waals surface area contributed by atoms with Crippen molar-refractivity contribution in [3.05, 3.63) is 29.1 Å². The summed E-state index contributed by atoms with van der Waals surface area (Å²) in [6.07, 6.45) is 0. The Morgan fingerprint density at radius 1 is 1.47 bits per heavy atom. The number of amides is 1. The van der Waals surface area contributed by atoms with Crippen LogP contribution in [0.2, 0.25) is 0 Å². The first-order chi connectivity index (χ1) is 7.08. The Labute approximate surface area is 85.6 Å². The van der Waals surface area contributed by atoms with Gasteiger partial charge < -0.3 is 15.5 Å². The van der Waals surface area contributed by atoms with Crippen LogP contribution in [0.15, 0.2) is 12.1 Å². The molecule has 0 aliphatic rings. The number of carboxylic acids is 1. The van der Waals surface area contributed by atoms with Gasteiger partial charge in [0.25, 0.3) is 5.91 Å². The molecule has 0 atom stereocenters. The number of rotatable bonds is 3. The highest BCUT2D eigenvalue weighted by Gasteiger charge is 2.12. The van der Waals surface area contributed by atoms with E-state index in [0.717, 1.165) is 6.07 Å². The molecule has 0 spiro atoms. The first-order valence-electron chi connectivity index (χ1n) is 4.15. The van der Waals surface area contributed by atoms with Crippen LogP contribution < -0.4 is 5.32 Å². The van der Waals surface area contributed by atoms with Gasteiger partial charge in [-0.25, -0.2) is 9.78 Å². The highest BCUT2D eigenvalue weighted by Crippen LogP contribution is 2.06. The molecule has 0 aliphatic heterocycles. The molecule has 0 fully saturated rings. The van der Waals surface area contributed by atoms with E-state index in [1.165, 1.54) is 13.1 Å². The molecule has 0 aliphatic carbocycles. The highest BCUT2D eigenvalue weighted by molar-refractivity contribution is 5.95. The second-order valence-corrected chi connectivity index (χ2v) is 2.77. The standard InChI is InChI=1S/C9H10N2O4/c1-10-8(13)7-3-5(9(14)15)2-6(4-12)11-7/h2-3,12H,4H2,1H3,(H,10,13)(H,14,15). The molecule has 1 amide bonds. The van der Waals surface area contributed by atoms with Gasteiger partial charge in [0.2, 0.25) is 0 Å². The lowest BCUT2D eigenvalue weighted by molar-refractivity contribution is 0.0696. The van der Waals surface area contributed by atoms with E-state index in [2.05, 4.69) is 10.3 Å². The monoisotopic (exact) mass is 210 g/mol. The van der Waals surface area contributed by atoms with Crippen LogP contribution in [0, 0.1) is 0 Å². The maximum absolute atomic E-state index is 11.2. The van der Waals surface area contributed by atoms with E-state index in [9.17, 15) is 9.59 Å². The maximum Gasteiger partial charge on any atom is 0.335 e. The number of hydrogen-bond donors (Lipinski definition) is 3. The minimum Gasteiger partial charge on any atom is -0.478 e. The van der Waals surface area contributed by atoms with Crippen LogP contribution in [-0.4, -0.2) is 34.1 Å². The predicted octanol–water partition coefficient (Wildman–Crippen LogP) is -0.368. The number of pyridine rings is 1. The van der Waals surface area contributed by atoms with E-state index in [-0.39, 0.29) is 17.0 Å². The van der Waals surface area contributed by atoms with Crippen molar-refractivity contribution >= 4 is 11.9 Å². The number of carbonyl (C=O) groups is 2. The Balaban J connectivity index is 3.23. The number of aliphatic hydroxyl groups is 1. The Hall–Kier alpha value is -1.95. The van der Waals surface area contributed by atoms with Crippen LogP contribution in [0.3, 0.4) is 0 Å². The number of aromatic carboxylic acids is 1. The number of carbonyl (C=O) groups excluding carboxylic acids is 1. The van der Waals surface area contributed by atoms with Gasteiger partial charge in [-0.3, -0.25) is 4.79 Å². The highest BCUT2D eigenvalue weighted by atomic mass is 16.4. The lowest BCUT2D eigenvalue weighted by atomic mass is 10.2. The van der Waals surface area contributed by atoms with E-state index >= 15 is 0 Å². The Bertz CT molecular complexity index is 403. The topological polar surface area (TPSA) is 99.5 Å². The molecule has 15 heavy (non-hydrogen) atoms. The van der Waals surface area contributed by atoms with Gasteiger partial charge >= 0.3 is 5.97 Å². The van der Waals surface area contributed by atoms with Crippen molar-refractivity contribution in [1.82, 2.24) is 10.3 Å². The van der Waals surface area contributed by atoms with Gasteiger partial charge in [-0.05, 0) is 12.1 Å². The zero-order valence-electron chi connectivity index (χ0n) is 8.02. The summed E-state index contributed by atoms with van der Waals surface area (Å²) in [4.78, 5) is 25.7. The van der Waals surface area contributed by atoms with Crippen molar-refractivity contribution in [3.63, 3.8) is 0 Å². The second kappa shape index (κ2) is 4.52. The second-order valence-electron chi connectivity index (χ2n) is 2.77. The van der Waals surface area contributed by atoms with Gasteiger partial charge in [0.15, 0.2) is 0 Å². The van der Waals surface area contributed by atoms with Gasteiger partial charge in [-0.1, -0.05) is 0 Å². The lowest BCUT2D eigenvalue weighted by Crippen LogP contribution is -2.20. The first kappa shape index (κ1) is 11.1. The van der Waals surface area contributed by atoms with Crippen molar-refractivity contribution in [2.75, 3.05) is 7.05 Å². The maximum atomic E-state index is 11.2. The third-order valence-electron chi connectivity index (χ3n) is 1.75. The number of aromatic nitrogens is 1. The fraction of sp³-hybridized carbons (Fsp3) is 0.222. The molecular formula is C9H10N2O4. The Kier molecular flexibility index (Phi) is 3.35. The van der Waals surface area contributed by atoms with Crippen molar-refractivity contribution in [3.8, 4) is 0 Å². The summed E-state index contributed by atoms with van der Waals surface area (Å²) in [6, 6.07) is 2.37. The fourth-order valence-electron chi connectivity index (χ4n) is 1.04. The minimum atomic E-state index is -1.17. The van der Waals surface area contributed by atoms with Crippen LogP contribution in [0.1, 0.15) is 26.5 Å². The molecule has 1 aromatic heterocycles. The molecular weight excluding hydrogens is 200 g/mol. The summed E-state index contributed by atoms with van der Waals surface area (Å²) in [5, 5.41) is 19.9. The molecule has 0 bridgehead atoms. The van der Waals surface area contributed by atoms with E-state index < -0.39 is 18.5 Å². The van der Waals surface area contributed by atoms with Gasteiger partial charge in [0.05, 0.1) is 17.9 Å². The Morgan fingerprint density at radius 3 is 2.60 bits per heavy atom. The molecule has 0 saturated heterocycles. The number of aliphatic hydroxyl groups excluding tert-OH is 1. The van der Waals surface area contributed by atoms with Gasteiger partial charge in [-0.2, -0.15) is 0 Å². The van der Waals surface area contributed by atoms with Crippen LogP contribution in [0.25, 0.3) is 0 Å². The smallest absolute Gasteiger partial charge is 0.335 e. The molecule has 6 heteroatoms. The molecule has 0 saturated carbocycles. The molecule has 80 valence electrons. The molecule has 3 N–H and O–H groups in total. The zero-order chi connectivity index (χ0) is 11.4. The molecule has 0 radical (unpaired) electrons. The number of hydrogen-bond acceptors (Lipinski definition) is 4. The van der Waals surface area contributed by atoms with Crippen LogP contribution in [-0.2, 0) is 6.61 Å². The predicted molar refractivity (Wildman–Crippen MR) is 50.5 cm³/mol. The summed E-state index contributed by atoms with van der Waals surface area (Å²) in [7, 11) is 1.41. The van der Waals surface area contributed by atoms with Gasteiger partial charge in [0, 0.05) is 7.05 Å². The fourth-order valence-corrected chi connectivity index (χ4v) is 1.04. The average Bonchev–Trinajstić information content (AvgIpc) is 2.27. The average molecular weight is 210 g/mol. The van der Waals surface area contributed by atoms with Crippen molar-refractivity contribution in [1.29, 1.82) is 0 Å². The normalized spacial score (nSPS) is 9.73. The third kappa shape index (κ3) is 2.50. The molecule has 0 aromatic carbocycles. The molecule has 1 aromatic rings. The molecule has 6 nitrogen and oxygen atoms in total. The molecule has 0 unspecified atom stereocenters. The van der Waals surface area contributed by atoms with E-state index in [4.69, 9.17) is 10.2 Å². The van der Waals surface area contributed by atoms with Crippen molar-refractivity contribution in [2.24, 2.45) is 0 Å². The number of nitrogens with one attached hydrogen (secondary N) is 1. The van der Waals surface area contributed by atoms with E-state index in [1.54, 1.807) is 0 Å². The Morgan fingerprint density at radius 2 is 2.13 bits per heavy atom. The van der Waals surface area contributed by atoms with E-state index in [0.29, 0.717) is 0 Å². The van der Waals surface area contributed by atoms with Crippen LogP contribution >= 0.6 is 0 Å². The first-order valence-corrected chi connectivity index (χ1v) is 4.15. The van der Waals surface area contributed by atoms with Gasteiger partial charge in [0.1, 0.15) is 5.69 Å². The number of carboxylic acid groups (broad SMARTS) is 1. The van der Waals surface area contributed by atoms with Crippen molar-refractivity contribution in [2.45, 2.75) is 6.61 Å². The largest absolute Gasteiger partial charge is 0.478 e. The summed E-state index contributed by atoms with van der Waals surface area (Å²) in [5.41, 5.74) is 0.0441. The summed E-state index contributed by atoms with van der Waals surface area (Å²) in [6.45, 7) is -0.412. The summed E-state index contributed by atoms with van der Waals surface area (Å²) in [5.74, 6) is -1.66. The third-order valence-corrected chi connectivity index (χ3v) is 1.75. The zero-order valence-corrected chi connectivity index (χ0v) is 8.02. The minimum absolute atomic E-state index is 0.0264. The van der Waals surface area contributed by atoms with Gasteiger partial charge in [-0.15, -0.1) is 0 Å².